The number of hydrogen-bond acceptors (Lipinski definition) is 2. The Morgan fingerprint density at radius 2 is 2.50 bits per heavy atom. The first-order chi connectivity index (χ1) is 3.86. The summed E-state index contributed by atoms with van der Waals surface area (Å²) in [6.45, 7) is 0. The van der Waals surface area contributed by atoms with Crippen LogP contribution in [0.3, 0.4) is 0 Å². The van der Waals surface area contributed by atoms with Crippen LogP contribution in [0.4, 0.5) is 0 Å². The van der Waals surface area contributed by atoms with E-state index in [9.17, 15) is 4.79 Å². The van der Waals surface area contributed by atoms with Crippen LogP contribution >= 0.6 is 0 Å². The van der Waals surface area contributed by atoms with E-state index in [4.69, 9.17) is 4.74 Å². The minimum absolute atomic E-state index is 0.0162. The van der Waals surface area contributed by atoms with Gasteiger partial charge in [-0.2, -0.15) is 0 Å². The highest BCUT2D eigenvalue weighted by molar-refractivity contribution is 5.86. The van der Waals surface area contributed by atoms with Crippen molar-refractivity contribution in [1.29, 1.82) is 0 Å². The van der Waals surface area contributed by atoms with Crippen molar-refractivity contribution in [2.45, 2.75) is 12.3 Å². The van der Waals surface area contributed by atoms with Gasteiger partial charge in [-0.25, -0.2) is 0 Å². The van der Waals surface area contributed by atoms with Crippen molar-refractivity contribution in [3.8, 4) is 0 Å². The lowest BCUT2D eigenvalue weighted by molar-refractivity contribution is -0.121. The van der Waals surface area contributed by atoms with Crippen LogP contribution in [0.1, 0.15) is 0 Å². The molecule has 2 rings (SSSR count). The summed E-state index contributed by atoms with van der Waals surface area (Å²) in [6.07, 6.45) is 3.18. The lowest BCUT2D eigenvalue weighted by Gasteiger charge is -1.97. The summed E-state index contributed by atoms with van der Waals surface area (Å²) in [5, 5.41) is 2.61. The molecule has 1 saturated heterocycles. The molecule has 0 saturated carbocycles. The van der Waals surface area contributed by atoms with Crippen LogP contribution in [0.15, 0.2) is 12.2 Å². The third-order valence-electron chi connectivity index (χ3n) is 1.30. The van der Waals surface area contributed by atoms with Crippen molar-refractivity contribution in [3.05, 3.63) is 12.2 Å². The molecule has 2 aliphatic rings. The zero-order valence-corrected chi connectivity index (χ0v) is 4.13. The van der Waals surface area contributed by atoms with Gasteiger partial charge in [0.2, 0.25) is 0 Å². The molecule has 0 spiro atoms. The summed E-state index contributed by atoms with van der Waals surface area (Å²) in [5.41, 5.74) is 0. The number of rotatable bonds is 0. The minimum atomic E-state index is -0.292. The molecular weight excluding hydrogens is 106 g/mol. The smallest absolute Gasteiger partial charge is 0.255 e. The van der Waals surface area contributed by atoms with Gasteiger partial charge in [-0.05, 0) is 12.2 Å². The van der Waals surface area contributed by atoms with E-state index in [0.717, 1.165) is 0 Å². The molecule has 3 heteroatoms. The summed E-state index contributed by atoms with van der Waals surface area (Å²) in [4.78, 5) is 10.5. The van der Waals surface area contributed by atoms with Gasteiger partial charge in [0.1, 0.15) is 0 Å². The summed E-state index contributed by atoms with van der Waals surface area (Å²) in [5.74, 6) is -0.0162. The molecule has 1 fully saturated rings. The van der Waals surface area contributed by atoms with Crippen molar-refractivity contribution in [2.24, 2.45) is 0 Å². The largest absolute Gasteiger partial charge is 0.338 e. The molecule has 3 nitrogen and oxygen atoms in total. The monoisotopic (exact) mass is 111 g/mol. The predicted molar refractivity (Wildman–Crippen MR) is 25.9 cm³/mol. The maximum absolute atomic E-state index is 10.5. The van der Waals surface area contributed by atoms with Crippen LogP contribution in [0, 0.1) is 0 Å². The van der Waals surface area contributed by atoms with E-state index in [0.29, 0.717) is 0 Å². The number of amides is 1. The molecule has 0 aliphatic carbocycles. The molecule has 42 valence electrons. The SMILES string of the molecule is O=C1NC2C=CC1O2. The van der Waals surface area contributed by atoms with Crippen molar-refractivity contribution >= 4 is 5.91 Å². The zero-order chi connectivity index (χ0) is 5.56. The molecule has 2 heterocycles. The molecule has 2 bridgehead atoms. The number of hydrogen-bond donors (Lipinski definition) is 1. The second-order valence-corrected chi connectivity index (χ2v) is 1.87. The zero-order valence-electron chi connectivity index (χ0n) is 4.13. The predicted octanol–water partition coefficient (Wildman–Crippen LogP) is -0.603. The first-order valence-corrected chi connectivity index (χ1v) is 2.50. The number of carbonyl (C=O) groups is 1. The van der Waals surface area contributed by atoms with E-state index in [-0.39, 0.29) is 18.2 Å². The van der Waals surface area contributed by atoms with E-state index < -0.39 is 0 Å². The fourth-order valence-corrected chi connectivity index (χ4v) is 0.904. The second kappa shape index (κ2) is 1.11. The van der Waals surface area contributed by atoms with Crippen LogP contribution in [0.25, 0.3) is 0 Å². The highest BCUT2D eigenvalue weighted by atomic mass is 16.5. The van der Waals surface area contributed by atoms with Crippen molar-refractivity contribution in [1.82, 2.24) is 5.32 Å². The highest BCUT2D eigenvalue weighted by Gasteiger charge is 2.33. The van der Waals surface area contributed by atoms with Crippen LogP contribution in [0.5, 0.6) is 0 Å². The van der Waals surface area contributed by atoms with Crippen LogP contribution in [-0.4, -0.2) is 18.2 Å². The Bertz CT molecular complexity index is 164. The highest BCUT2D eigenvalue weighted by Crippen LogP contribution is 2.15. The fourth-order valence-electron chi connectivity index (χ4n) is 0.904. The molecule has 2 unspecified atom stereocenters. The third kappa shape index (κ3) is 0.344. The fraction of sp³-hybridized carbons (Fsp3) is 0.400. The summed E-state index contributed by atoms with van der Waals surface area (Å²) < 4.78 is 5.01. The van der Waals surface area contributed by atoms with Crippen LogP contribution in [-0.2, 0) is 9.53 Å². The van der Waals surface area contributed by atoms with Crippen LogP contribution < -0.4 is 5.32 Å². The number of carbonyl (C=O) groups excluding carboxylic acids is 1. The Labute approximate surface area is 46.3 Å². The Morgan fingerprint density at radius 1 is 1.62 bits per heavy atom. The van der Waals surface area contributed by atoms with Gasteiger partial charge in [-0.15, -0.1) is 0 Å². The molecule has 0 radical (unpaired) electrons. The Hall–Kier alpha value is -0.830. The first kappa shape index (κ1) is 4.09. The maximum atomic E-state index is 10.5. The van der Waals surface area contributed by atoms with Gasteiger partial charge < -0.3 is 10.1 Å². The molecule has 0 aromatic rings. The summed E-state index contributed by atoms with van der Waals surface area (Å²) in [7, 11) is 0. The van der Waals surface area contributed by atoms with Gasteiger partial charge in [0.15, 0.2) is 12.3 Å². The summed E-state index contributed by atoms with van der Waals surface area (Å²) >= 11 is 0. The molecule has 1 N–H and O–H groups in total. The average molecular weight is 111 g/mol. The standard InChI is InChI=1S/C5H5NO2/c7-5-3-1-2-4(6-5)8-3/h1-4H,(H,6,7). The lowest BCUT2D eigenvalue weighted by Crippen LogP contribution is -2.28. The van der Waals surface area contributed by atoms with Gasteiger partial charge in [-0.1, -0.05) is 0 Å². The quantitative estimate of drug-likeness (QED) is 0.424. The van der Waals surface area contributed by atoms with Gasteiger partial charge >= 0.3 is 0 Å². The van der Waals surface area contributed by atoms with Crippen molar-refractivity contribution < 1.29 is 9.53 Å². The van der Waals surface area contributed by atoms with E-state index in [2.05, 4.69) is 5.32 Å². The average Bonchev–Trinajstić information content (AvgIpc) is 2.23. The molecule has 0 aromatic heterocycles. The Kier molecular flexibility index (Phi) is 0.569. The third-order valence-corrected chi connectivity index (χ3v) is 1.30. The van der Waals surface area contributed by atoms with Gasteiger partial charge in [0.05, 0.1) is 0 Å². The van der Waals surface area contributed by atoms with Gasteiger partial charge in [0.25, 0.3) is 5.91 Å². The number of ether oxygens (including phenoxy) is 1. The topological polar surface area (TPSA) is 38.3 Å². The van der Waals surface area contributed by atoms with E-state index in [1.165, 1.54) is 0 Å². The van der Waals surface area contributed by atoms with E-state index >= 15 is 0 Å². The minimum Gasteiger partial charge on any atom is -0.338 e. The Morgan fingerprint density at radius 3 is 2.75 bits per heavy atom. The molecule has 2 aliphatic heterocycles. The molecular formula is C5H5NO2. The van der Waals surface area contributed by atoms with Crippen LogP contribution in [0.2, 0.25) is 0 Å². The lowest BCUT2D eigenvalue weighted by atomic mass is 10.3. The van der Waals surface area contributed by atoms with Crippen molar-refractivity contribution in [2.75, 3.05) is 0 Å². The van der Waals surface area contributed by atoms with E-state index in [1.807, 2.05) is 6.08 Å². The number of fused-ring (bicyclic) bond motifs is 2. The first-order valence-electron chi connectivity index (χ1n) is 2.50. The maximum Gasteiger partial charge on any atom is 0.255 e. The van der Waals surface area contributed by atoms with E-state index in [1.54, 1.807) is 6.08 Å². The second-order valence-electron chi connectivity index (χ2n) is 1.87. The summed E-state index contributed by atoms with van der Waals surface area (Å²) in [6, 6.07) is 0. The normalized spacial score (nSPS) is 40.8. The molecule has 1 amide bonds. The van der Waals surface area contributed by atoms with Gasteiger partial charge in [-0.3, -0.25) is 4.79 Å². The molecule has 8 heavy (non-hydrogen) atoms. The number of nitrogens with one attached hydrogen (secondary N) is 1. The van der Waals surface area contributed by atoms with Gasteiger partial charge in [0, 0.05) is 0 Å². The van der Waals surface area contributed by atoms with Crippen molar-refractivity contribution in [3.63, 3.8) is 0 Å². The molecule has 0 aromatic carbocycles. The Balaban J connectivity index is 2.35. The molecule has 2 atom stereocenters.